The van der Waals surface area contributed by atoms with Crippen LogP contribution in [-0.4, -0.2) is 22.2 Å². The first-order valence-corrected chi connectivity index (χ1v) is 9.54. The van der Waals surface area contributed by atoms with Crippen molar-refractivity contribution in [3.8, 4) is 11.3 Å². The second kappa shape index (κ2) is 8.87. The number of H-pyrrole nitrogens is 1. The van der Waals surface area contributed by atoms with E-state index in [-0.39, 0.29) is 18.3 Å². The van der Waals surface area contributed by atoms with Crippen molar-refractivity contribution in [2.24, 2.45) is 0 Å². The molecule has 1 saturated carbocycles. The number of halogens is 4. The fourth-order valence-electron chi connectivity index (χ4n) is 3.65. The van der Waals surface area contributed by atoms with E-state index in [0.717, 1.165) is 36.9 Å². The second-order valence-corrected chi connectivity index (χ2v) is 7.25. The maximum absolute atomic E-state index is 13.1. The molecule has 0 aliphatic heterocycles. The van der Waals surface area contributed by atoms with Gasteiger partial charge in [-0.1, -0.05) is 19.3 Å². The quantitative estimate of drug-likeness (QED) is 0.584. The van der Waals surface area contributed by atoms with Crippen LogP contribution in [-0.2, 0) is 0 Å². The molecule has 0 saturated heterocycles. The lowest BCUT2D eigenvalue weighted by molar-refractivity contribution is -0.135. The topological polar surface area (TPSA) is 40.7 Å². The Kier molecular flexibility index (Phi) is 6.52. The number of imidazole rings is 1. The molecule has 1 fully saturated rings. The first-order valence-electron chi connectivity index (χ1n) is 9.54. The summed E-state index contributed by atoms with van der Waals surface area (Å²) in [5, 5.41) is 3.51. The third-order valence-electron chi connectivity index (χ3n) is 5.08. The highest BCUT2D eigenvalue weighted by atomic mass is 19.4. The number of nitrogens with zero attached hydrogens (tertiary/aromatic N) is 1. The van der Waals surface area contributed by atoms with Gasteiger partial charge >= 0.3 is 6.18 Å². The number of rotatable bonds is 7. The molecule has 1 aliphatic rings. The molecule has 2 aromatic rings. The molecule has 0 bridgehead atoms. The number of benzene rings is 1. The van der Waals surface area contributed by atoms with E-state index in [2.05, 4.69) is 15.3 Å². The molecule has 1 aromatic heterocycles. The highest BCUT2D eigenvalue weighted by molar-refractivity contribution is 5.58. The minimum Gasteiger partial charge on any atom is -0.341 e. The van der Waals surface area contributed by atoms with Gasteiger partial charge in [0.05, 0.1) is 17.9 Å². The van der Waals surface area contributed by atoms with Crippen LogP contribution in [0.5, 0.6) is 0 Å². The predicted octanol–water partition coefficient (Wildman–Crippen LogP) is 5.91. The fourth-order valence-corrected chi connectivity index (χ4v) is 3.65. The van der Waals surface area contributed by atoms with Gasteiger partial charge in [-0.15, -0.1) is 0 Å². The van der Waals surface area contributed by atoms with Crippen molar-refractivity contribution in [2.45, 2.75) is 69.6 Å². The Morgan fingerprint density at radius 2 is 1.81 bits per heavy atom. The Hall–Kier alpha value is -1.89. The molecule has 0 radical (unpaired) electrons. The lowest BCUT2D eigenvalue weighted by atomic mass is 9.94. The van der Waals surface area contributed by atoms with Crippen molar-refractivity contribution < 1.29 is 17.6 Å². The predicted molar refractivity (Wildman–Crippen MR) is 96.6 cm³/mol. The van der Waals surface area contributed by atoms with Crippen LogP contribution in [0.1, 0.15) is 63.2 Å². The molecule has 0 unspecified atom stereocenters. The van der Waals surface area contributed by atoms with Gasteiger partial charge in [0, 0.05) is 12.5 Å². The summed E-state index contributed by atoms with van der Waals surface area (Å²) < 4.78 is 50.8. The van der Waals surface area contributed by atoms with Gasteiger partial charge in [0.1, 0.15) is 11.6 Å². The number of alkyl halides is 3. The molecule has 27 heavy (non-hydrogen) atoms. The molecule has 0 spiro atoms. The van der Waals surface area contributed by atoms with E-state index in [1.807, 2.05) is 0 Å². The smallest absolute Gasteiger partial charge is 0.341 e. The molecule has 3 nitrogen and oxygen atoms in total. The molecule has 1 aromatic carbocycles. The minimum atomic E-state index is -4.14. The Morgan fingerprint density at radius 3 is 2.48 bits per heavy atom. The van der Waals surface area contributed by atoms with Crippen LogP contribution >= 0.6 is 0 Å². The Balaban J connectivity index is 1.71. The molecular formula is C20H25F4N3. The van der Waals surface area contributed by atoms with Gasteiger partial charge in [-0.3, -0.25) is 0 Å². The van der Waals surface area contributed by atoms with E-state index in [1.54, 1.807) is 18.3 Å². The first-order chi connectivity index (χ1) is 12.9. The molecule has 1 atom stereocenters. The maximum Gasteiger partial charge on any atom is 0.389 e. The number of aromatic amines is 1. The zero-order valence-electron chi connectivity index (χ0n) is 15.2. The zero-order chi connectivity index (χ0) is 19.3. The fraction of sp³-hybridized carbons (Fsp3) is 0.550. The van der Waals surface area contributed by atoms with Gasteiger partial charge in [0.25, 0.3) is 0 Å². The maximum atomic E-state index is 13.1. The highest BCUT2D eigenvalue weighted by Gasteiger charge is 2.28. The largest absolute Gasteiger partial charge is 0.389 e. The van der Waals surface area contributed by atoms with Crippen molar-refractivity contribution in [1.82, 2.24) is 15.3 Å². The van der Waals surface area contributed by atoms with Crippen LogP contribution in [0.25, 0.3) is 11.3 Å². The molecule has 1 heterocycles. The van der Waals surface area contributed by atoms with Crippen molar-refractivity contribution in [3.05, 3.63) is 42.1 Å². The zero-order valence-corrected chi connectivity index (χ0v) is 15.2. The number of nitrogens with one attached hydrogen (secondary N) is 2. The number of hydrogen-bond acceptors (Lipinski definition) is 2. The van der Waals surface area contributed by atoms with Crippen LogP contribution in [0.3, 0.4) is 0 Å². The molecule has 3 rings (SSSR count). The average Bonchev–Trinajstić information content (AvgIpc) is 3.11. The third-order valence-corrected chi connectivity index (χ3v) is 5.08. The van der Waals surface area contributed by atoms with E-state index in [4.69, 9.17) is 0 Å². The van der Waals surface area contributed by atoms with Crippen LogP contribution in [0.4, 0.5) is 17.6 Å². The summed E-state index contributed by atoms with van der Waals surface area (Å²) in [4.78, 5) is 7.61. The lowest BCUT2D eigenvalue weighted by Gasteiger charge is -2.27. The summed E-state index contributed by atoms with van der Waals surface area (Å²) in [6.45, 7) is 0. The monoisotopic (exact) mass is 383 g/mol. The van der Waals surface area contributed by atoms with Gasteiger partial charge in [0.2, 0.25) is 0 Å². The Morgan fingerprint density at radius 1 is 1.11 bits per heavy atom. The van der Waals surface area contributed by atoms with Crippen molar-refractivity contribution in [3.63, 3.8) is 0 Å². The van der Waals surface area contributed by atoms with E-state index < -0.39 is 12.6 Å². The number of aromatic nitrogens is 2. The van der Waals surface area contributed by atoms with E-state index >= 15 is 0 Å². The van der Waals surface area contributed by atoms with Crippen LogP contribution in [0.2, 0.25) is 0 Å². The summed E-state index contributed by atoms with van der Waals surface area (Å²) >= 11 is 0. The van der Waals surface area contributed by atoms with E-state index in [9.17, 15) is 17.6 Å². The summed E-state index contributed by atoms with van der Waals surface area (Å²) in [5.74, 6) is 0.324. The van der Waals surface area contributed by atoms with E-state index in [0.29, 0.717) is 18.3 Å². The van der Waals surface area contributed by atoms with Gasteiger partial charge in [-0.25, -0.2) is 9.37 Å². The molecule has 1 aliphatic carbocycles. The summed E-state index contributed by atoms with van der Waals surface area (Å²) in [6, 6.07) is 6.12. The van der Waals surface area contributed by atoms with Gasteiger partial charge in [-0.2, -0.15) is 13.2 Å². The molecule has 2 N–H and O–H groups in total. The van der Waals surface area contributed by atoms with Crippen LogP contribution < -0.4 is 5.32 Å². The summed E-state index contributed by atoms with van der Waals surface area (Å²) in [6.07, 6.45) is 2.74. The first kappa shape index (κ1) is 19.9. The molecule has 148 valence electrons. The second-order valence-electron chi connectivity index (χ2n) is 7.25. The Bertz CT molecular complexity index is 703. The van der Waals surface area contributed by atoms with Gasteiger partial charge in [0.15, 0.2) is 0 Å². The standard InChI is InChI=1S/C20H25F4N3/c21-15-10-8-14(9-11-15)18-13-25-19(27-18)17(7-4-12-20(22,23)24)26-16-5-2-1-3-6-16/h8-11,13,16-17,26H,1-7,12H2,(H,25,27)/t17-/m1/s1. The third kappa shape index (κ3) is 6.06. The minimum absolute atomic E-state index is 0.0560. The molecule has 7 heteroatoms. The van der Waals surface area contributed by atoms with Gasteiger partial charge in [-0.05, 0) is 55.5 Å². The van der Waals surface area contributed by atoms with Crippen molar-refractivity contribution >= 4 is 0 Å². The number of hydrogen-bond donors (Lipinski definition) is 2. The highest BCUT2D eigenvalue weighted by Crippen LogP contribution is 2.28. The SMILES string of the molecule is Fc1ccc(-c2cnc([C@@H](CCCC(F)(F)F)NC3CCCCC3)[nH]2)cc1. The normalized spacial score (nSPS) is 17.2. The molecule has 0 amide bonds. The van der Waals surface area contributed by atoms with Gasteiger partial charge < -0.3 is 10.3 Å². The van der Waals surface area contributed by atoms with Crippen molar-refractivity contribution in [1.29, 1.82) is 0 Å². The van der Waals surface area contributed by atoms with Crippen molar-refractivity contribution in [2.75, 3.05) is 0 Å². The van der Waals surface area contributed by atoms with E-state index in [1.165, 1.54) is 18.6 Å². The van der Waals surface area contributed by atoms with Crippen LogP contribution in [0.15, 0.2) is 30.5 Å². The summed E-state index contributed by atoms with van der Waals surface area (Å²) in [7, 11) is 0. The average molecular weight is 383 g/mol. The Labute approximate surface area is 156 Å². The molecular weight excluding hydrogens is 358 g/mol. The summed E-state index contributed by atoms with van der Waals surface area (Å²) in [5.41, 5.74) is 1.53. The lowest BCUT2D eigenvalue weighted by Crippen LogP contribution is -2.35. The van der Waals surface area contributed by atoms with Crippen LogP contribution in [0, 0.1) is 5.82 Å².